The molecule has 13 heteroatoms. The van der Waals surface area contributed by atoms with E-state index in [1.165, 1.54) is 13.2 Å². The van der Waals surface area contributed by atoms with Crippen LogP contribution in [0.15, 0.2) is 49.3 Å². The molecule has 2 aromatic carbocycles. The molecule has 1 heterocycles. The van der Waals surface area contributed by atoms with Gasteiger partial charge in [0.25, 0.3) is 11.1 Å². The fourth-order valence-corrected chi connectivity index (χ4v) is 3.73. The third kappa shape index (κ3) is 5.16. The summed E-state index contributed by atoms with van der Waals surface area (Å²) in [6.07, 6.45) is 1.06. The quantitative estimate of drug-likeness (QED) is 0.186. The van der Waals surface area contributed by atoms with E-state index in [4.69, 9.17) is 20.8 Å². The number of carboxylic acids is 1. The topological polar surface area (TPSA) is 149 Å². The van der Waals surface area contributed by atoms with Crippen LogP contribution in [-0.4, -0.2) is 38.4 Å². The number of phenolic OH excluding ortho intramolecular Hbond substituents is 1. The summed E-state index contributed by atoms with van der Waals surface area (Å²) < 4.78 is 11.0. The van der Waals surface area contributed by atoms with Crippen LogP contribution in [0, 0.1) is 10.1 Å². The van der Waals surface area contributed by atoms with Crippen molar-refractivity contribution >= 4 is 57.0 Å². The maximum Gasteiger partial charge on any atom is 0.342 e. The van der Waals surface area contributed by atoms with Crippen LogP contribution in [0.4, 0.5) is 5.69 Å². The molecule has 3 aromatic rings. The lowest BCUT2D eigenvalue weighted by Gasteiger charge is -2.05. The van der Waals surface area contributed by atoms with Gasteiger partial charge < -0.3 is 19.4 Å². The Bertz CT molecular complexity index is 1210. The molecule has 3 rings (SSSR count). The highest BCUT2D eigenvalue weighted by atomic mass is 79.9. The molecular weight excluding hydrogens is 518 g/mol. The molecule has 0 bridgehead atoms. The molecule has 0 aliphatic carbocycles. The molecule has 0 aliphatic rings. The first-order valence-electron chi connectivity index (χ1n) is 8.16. The zero-order valence-electron chi connectivity index (χ0n) is 15.4. The number of aliphatic carboxylic acids is 1. The predicted molar refractivity (Wildman–Crippen MR) is 115 cm³/mol. The molecule has 0 spiro atoms. The molecule has 0 saturated heterocycles. The number of nitrogens with zero attached hydrogens (tertiary/aromatic N) is 3. The fourth-order valence-electron chi connectivity index (χ4n) is 2.43. The van der Waals surface area contributed by atoms with Crippen molar-refractivity contribution in [1.29, 1.82) is 0 Å². The summed E-state index contributed by atoms with van der Waals surface area (Å²) in [6.45, 7) is 0. The number of hydrogen-bond donors (Lipinski definition) is 2. The summed E-state index contributed by atoms with van der Waals surface area (Å²) in [5, 5.41) is 38.7. The number of ether oxygens (including phenoxy) is 1. The van der Waals surface area contributed by atoms with Crippen LogP contribution in [0.3, 0.4) is 0 Å². The first-order valence-corrected chi connectivity index (χ1v) is 10.2. The van der Waals surface area contributed by atoms with Crippen LogP contribution in [0.5, 0.6) is 11.5 Å². The number of carboxylic acid groups (broad SMARTS) is 1. The van der Waals surface area contributed by atoms with Crippen LogP contribution in [0.25, 0.3) is 17.5 Å². The highest BCUT2D eigenvalue weighted by Crippen LogP contribution is 2.38. The van der Waals surface area contributed by atoms with Crippen molar-refractivity contribution in [1.82, 2.24) is 10.2 Å². The third-order valence-corrected chi connectivity index (χ3v) is 5.32. The van der Waals surface area contributed by atoms with Crippen molar-refractivity contribution in [3.63, 3.8) is 0 Å². The second kappa shape index (κ2) is 9.37. The van der Waals surface area contributed by atoms with Crippen LogP contribution in [-0.2, 0) is 4.79 Å². The number of carbonyl (C=O) groups is 1. The Morgan fingerprint density at radius 1 is 1.35 bits per heavy atom. The van der Waals surface area contributed by atoms with Crippen molar-refractivity contribution in [2.45, 2.75) is 5.22 Å². The molecule has 0 atom stereocenters. The number of rotatable bonds is 7. The highest BCUT2D eigenvalue weighted by molar-refractivity contribution is 9.10. The number of thioether (sulfide) groups is 1. The number of halogens is 2. The Kier molecular flexibility index (Phi) is 6.83. The molecule has 0 unspecified atom stereocenters. The second-order valence-electron chi connectivity index (χ2n) is 5.75. The Labute approximate surface area is 191 Å². The molecule has 0 amide bonds. The normalized spacial score (nSPS) is 11.4. The van der Waals surface area contributed by atoms with E-state index >= 15 is 0 Å². The Hall–Kier alpha value is -3.09. The molecule has 0 radical (unpaired) electrons. The largest absolute Gasteiger partial charge is 0.502 e. The van der Waals surface area contributed by atoms with E-state index in [2.05, 4.69) is 26.1 Å². The van der Waals surface area contributed by atoms with Gasteiger partial charge in [-0.15, -0.1) is 10.2 Å². The standard InChI is InChI=1S/C18H11BrClN3O7S/c1-29-13-3-2-10(20)7-11(13)16-21-22-18(30-16)31-14(17(25)26)5-8-4-9(19)6-12(15(8)24)23(27)28/h2-7,24H,1H3,(H,25,26)/b14-5-. The molecule has 0 saturated carbocycles. The van der Waals surface area contributed by atoms with E-state index in [9.17, 15) is 25.1 Å². The van der Waals surface area contributed by atoms with E-state index < -0.39 is 22.3 Å². The lowest BCUT2D eigenvalue weighted by Crippen LogP contribution is -1.97. The van der Waals surface area contributed by atoms with Gasteiger partial charge in [-0.2, -0.15) is 0 Å². The highest BCUT2D eigenvalue weighted by Gasteiger charge is 2.22. The number of aromatic hydroxyl groups is 1. The number of hydrogen-bond acceptors (Lipinski definition) is 9. The monoisotopic (exact) mass is 527 g/mol. The molecule has 31 heavy (non-hydrogen) atoms. The van der Waals surface area contributed by atoms with E-state index in [-0.39, 0.29) is 26.1 Å². The van der Waals surface area contributed by atoms with Gasteiger partial charge in [-0.05, 0) is 42.1 Å². The second-order valence-corrected chi connectivity index (χ2v) is 8.10. The summed E-state index contributed by atoms with van der Waals surface area (Å²) in [4.78, 5) is 21.7. The van der Waals surface area contributed by atoms with E-state index in [1.807, 2.05) is 0 Å². The third-order valence-electron chi connectivity index (χ3n) is 3.77. The number of nitro groups is 1. The average molecular weight is 529 g/mol. The first-order chi connectivity index (χ1) is 14.7. The lowest BCUT2D eigenvalue weighted by molar-refractivity contribution is -0.385. The zero-order chi connectivity index (χ0) is 22.7. The molecule has 10 nitrogen and oxygen atoms in total. The number of methoxy groups -OCH3 is 1. The lowest BCUT2D eigenvalue weighted by atomic mass is 10.1. The Balaban J connectivity index is 1.97. The zero-order valence-corrected chi connectivity index (χ0v) is 18.6. The summed E-state index contributed by atoms with van der Waals surface area (Å²) in [6, 6.07) is 7.21. The van der Waals surface area contributed by atoms with Crippen LogP contribution >= 0.6 is 39.3 Å². The van der Waals surface area contributed by atoms with Crippen molar-refractivity contribution in [3.8, 4) is 23.0 Å². The molecular formula is C18H11BrClN3O7S. The Morgan fingerprint density at radius 2 is 2.10 bits per heavy atom. The van der Waals surface area contributed by atoms with Gasteiger partial charge in [0.05, 0.1) is 17.6 Å². The molecule has 160 valence electrons. The van der Waals surface area contributed by atoms with Crippen molar-refractivity contribution in [3.05, 3.63) is 60.4 Å². The minimum atomic E-state index is -1.37. The van der Waals surface area contributed by atoms with Gasteiger partial charge in [0.1, 0.15) is 10.7 Å². The average Bonchev–Trinajstić information content (AvgIpc) is 3.18. The predicted octanol–water partition coefficient (Wildman–Crippen LogP) is 4.99. The van der Waals surface area contributed by atoms with Gasteiger partial charge in [0.2, 0.25) is 5.75 Å². The summed E-state index contributed by atoms with van der Waals surface area (Å²) in [5.74, 6) is -1.58. The smallest absolute Gasteiger partial charge is 0.342 e. The van der Waals surface area contributed by atoms with Crippen molar-refractivity contribution in [2.75, 3.05) is 7.11 Å². The maximum absolute atomic E-state index is 11.7. The maximum atomic E-state index is 11.7. The van der Waals surface area contributed by atoms with Crippen LogP contribution in [0.1, 0.15) is 5.56 Å². The minimum Gasteiger partial charge on any atom is -0.502 e. The molecule has 0 fully saturated rings. The van der Waals surface area contributed by atoms with Crippen molar-refractivity contribution < 1.29 is 29.1 Å². The SMILES string of the molecule is COc1ccc(Cl)cc1-c1nnc(S/C(=C\c2cc(Br)cc([N+](=O)[O-])c2O)C(=O)O)o1. The molecule has 2 N–H and O–H groups in total. The molecule has 1 aromatic heterocycles. The number of benzene rings is 2. The number of phenols is 1. The summed E-state index contributed by atoms with van der Waals surface area (Å²) >= 11 is 9.70. The van der Waals surface area contributed by atoms with E-state index in [0.717, 1.165) is 12.1 Å². The summed E-state index contributed by atoms with van der Waals surface area (Å²) in [7, 11) is 1.45. The van der Waals surface area contributed by atoms with E-state index in [1.54, 1.807) is 18.2 Å². The number of nitro benzene ring substituents is 1. The van der Waals surface area contributed by atoms with Gasteiger partial charge >= 0.3 is 11.7 Å². The van der Waals surface area contributed by atoms with Crippen LogP contribution in [0.2, 0.25) is 5.02 Å². The van der Waals surface area contributed by atoms with E-state index in [0.29, 0.717) is 28.1 Å². The summed E-state index contributed by atoms with van der Waals surface area (Å²) in [5.41, 5.74) is -0.249. The van der Waals surface area contributed by atoms with Crippen LogP contribution < -0.4 is 4.74 Å². The van der Waals surface area contributed by atoms with Gasteiger partial charge in [-0.25, -0.2) is 4.79 Å². The van der Waals surface area contributed by atoms with Gasteiger partial charge in [-0.3, -0.25) is 10.1 Å². The first kappa shape index (κ1) is 22.6. The van der Waals surface area contributed by atoms with Crippen molar-refractivity contribution in [2.24, 2.45) is 0 Å². The number of aromatic nitrogens is 2. The Morgan fingerprint density at radius 3 is 2.74 bits per heavy atom. The van der Waals surface area contributed by atoms with Gasteiger partial charge in [0.15, 0.2) is 0 Å². The molecule has 0 aliphatic heterocycles. The fraction of sp³-hybridized carbons (Fsp3) is 0.0556. The minimum absolute atomic E-state index is 0.0486. The van der Waals surface area contributed by atoms with Gasteiger partial charge in [-0.1, -0.05) is 27.5 Å². The van der Waals surface area contributed by atoms with Gasteiger partial charge in [0, 0.05) is 21.1 Å².